The van der Waals surface area contributed by atoms with E-state index in [1.165, 1.54) is 25.7 Å². The molecule has 2 rings (SSSR count). The fraction of sp³-hybridized carbons (Fsp3) is 1.00. The summed E-state index contributed by atoms with van der Waals surface area (Å²) in [6.07, 6.45) is 6.43. The van der Waals surface area contributed by atoms with Gasteiger partial charge in [0.1, 0.15) is 0 Å². The summed E-state index contributed by atoms with van der Waals surface area (Å²) in [4.78, 5) is 0. The molecule has 0 heterocycles. The normalized spacial score (nSPS) is 42.0. The van der Waals surface area contributed by atoms with Gasteiger partial charge in [0.25, 0.3) is 0 Å². The number of ether oxygens (including phenoxy) is 1. The highest BCUT2D eigenvalue weighted by atomic mass is 16.5. The van der Waals surface area contributed by atoms with E-state index in [0.717, 1.165) is 24.4 Å². The van der Waals surface area contributed by atoms with Crippen molar-refractivity contribution in [2.45, 2.75) is 45.6 Å². The van der Waals surface area contributed by atoms with Crippen molar-refractivity contribution in [2.75, 3.05) is 6.61 Å². The van der Waals surface area contributed by atoms with Gasteiger partial charge in [-0.3, -0.25) is 0 Å². The molecule has 0 aromatic heterocycles. The second-order valence-corrected chi connectivity index (χ2v) is 4.35. The number of fused-ring (bicyclic) bond motifs is 1. The van der Waals surface area contributed by atoms with Crippen LogP contribution in [0, 0.1) is 17.8 Å². The minimum atomic E-state index is 0.531. The summed E-state index contributed by atoms with van der Waals surface area (Å²) >= 11 is 0. The van der Waals surface area contributed by atoms with Crippen LogP contribution in [0.15, 0.2) is 0 Å². The Morgan fingerprint density at radius 2 is 1.83 bits per heavy atom. The molecule has 0 saturated heterocycles. The van der Waals surface area contributed by atoms with Crippen LogP contribution >= 0.6 is 0 Å². The van der Waals surface area contributed by atoms with Crippen molar-refractivity contribution in [1.82, 2.24) is 0 Å². The molecule has 0 aromatic carbocycles. The molecule has 2 fully saturated rings. The highest BCUT2D eigenvalue weighted by molar-refractivity contribution is 5.01. The van der Waals surface area contributed by atoms with Crippen LogP contribution in [0.25, 0.3) is 0 Å². The maximum Gasteiger partial charge on any atom is 0.0580 e. The molecular weight excluding hydrogens is 148 g/mol. The fourth-order valence-corrected chi connectivity index (χ4v) is 3.12. The van der Waals surface area contributed by atoms with Gasteiger partial charge in [-0.25, -0.2) is 0 Å². The molecule has 12 heavy (non-hydrogen) atoms. The number of rotatable bonds is 3. The molecule has 70 valence electrons. The largest absolute Gasteiger partial charge is 0.378 e. The first-order valence-electron chi connectivity index (χ1n) is 5.46. The summed E-state index contributed by atoms with van der Waals surface area (Å²) in [5, 5.41) is 0. The Kier molecular flexibility index (Phi) is 2.40. The number of hydrogen-bond acceptors (Lipinski definition) is 1. The maximum atomic E-state index is 5.66. The van der Waals surface area contributed by atoms with Gasteiger partial charge in [0.05, 0.1) is 6.10 Å². The van der Waals surface area contributed by atoms with Crippen molar-refractivity contribution in [1.29, 1.82) is 0 Å². The third-order valence-corrected chi connectivity index (χ3v) is 3.69. The maximum absolute atomic E-state index is 5.66. The van der Waals surface area contributed by atoms with Crippen molar-refractivity contribution < 1.29 is 4.74 Å². The first-order chi connectivity index (χ1) is 5.84. The molecule has 0 bridgehead atoms. The lowest BCUT2D eigenvalue weighted by Crippen LogP contribution is -2.12. The Bertz CT molecular complexity index is 143. The Morgan fingerprint density at radius 1 is 1.25 bits per heavy atom. The Hall–Kier alpha value is -0.0400. The highest BCUT2D eigenvalue weighted by Gasteiger charge is 2.53. The van der Waals surface area contributed by atoms with Crippen LogP contribution in [0.1, 0.15) is 39.5 Å². The van der Waals surface area contributed by atoms with Crippen LogP contribution in [0.2, 0.25) is 0 Å². The Balaban J connectivity index is 1.83. The Labute approximate surface area is 75.5 Å². The first-order valence-corrected chi connectivity index (χ1v) is 5.46. The molecule has 0 spiro atoms. The minimum Gasteiger partial charge on any atom is -0.378 e. The van der Waals surface area contributed by atoms with Crippen LogP contribution in [-0.4, -0.2) is 12.7 Å². The van der Waals surface area contributed by atoms with E-state index >= 15 is 0 Å². The van der Waals surface area contributed by atoms with Gasteiger partial charge in [0.15, 0.2) is 0 Å². The van der Waals surface area contributed by atoms with E-state index in [1.54, 1.807) is 0 Å². The second kappa shape index (κ2) is 3.37. The average molecular weight is 168 g/mol. The van der Waals surface area contributed by atoms with E-state index in [4.69, 9.17) is 4.74 Å². The lowest BCUT2D eigenvalue weighted by Gasteiger charge is -2.10. The molecule has 0 N–H and O–H groups in total. The van der Waals surface area contributed by atoms with E-state index in [2.05, 4.69) is 13.8 Å². The van der Waals surface area contributed by atoms with E-state index < -0.39 is 0 Å². The summed E-state index contributed by atoms with van der Waals surface area (Å²) in [6, 6.07) is 0. The summed E-state index contributed by atoms with van der Waals surface area (Å²) in [7, 11) is 0. The zero-order valence-electron chi connectivity index (χ0n) is 8.25. The molecule has 2 aliphatic carbocycles. The van der Waals surface area contributed by atoms with Crippen molar-refractivity contribution in [3.8, 4) is 0 Å². The summed E-state index contributed by atoms with van der Waals surface area (Å²) in [5.41, 5.74) is 0. The van der Waals surface area contributed by atoms with E-state index in [0.29, 0.717) is 6.10 Å². The third kappa shape index (κ3) is 1.39. The van der Waals surface area contributed by atoms with Crippen molar-refractivity contribution in [2.24, 2.45) is 17.8 Å². The third-order valence-electron chi connectivity index (χ3n) is 3.69. The topological polar surface area (TPSA) is 9.23 Å². The SMILES string of the molecule is CCO[C@@H](C)C1[C@H]2CCCC[C@H]12. The van der Waals surface area contributed by atoms with Crippen LogP contribution in [0.5, 0.6) is 0 Å². The van der Waals surface area contributed by atoms with Gasteiger partial charge in [-0.1, -0.05) is 12.8 Å². The van der Waals surface area contributed by atoms with Crippen LogP contribution in [-0.2, 0) is 4.74 Å². The van der Waals surface area contributed by atoms with Crippen molar-refractivity contribution in [3.63, 3.8) is 0 Å². The summed E-state index contributed by atoms with van der Waals surface area (Å²) in [6.45, 7) is 5.24. The van der Waals surface area contributed by atoms with Gasteiger partial charge in [-0.05, 0) is 44.4 Å². The molecule has 0 unspecified atom stereocenters. The highest BCUT2D eigenvalue weighted by Crippen LogP contribution is 2.57. The summed E-state index contributed by atoms with van der Waals surface area (Å²) in [5.74, 6) is 3.01. The molecule has 2 saturated carbocycles. The molecule has 0 aliphatic heterocycles. The van der Waals surface area contributed by atoms with Crippen LogP contribution < -0.4 is 0 Å². The molecular formula is C11H20O. The van der Waals surface area contributed by atoms with E-state index in [-0.39, 0.29) is 0 Å². The zero-order chi connectivity index (χ0) is 8.55. The van der Waals surface area contributed by atoms with Crippen LogP contribution in [0.3, 0.4) is 0 Å². The monoisotopic (exact) mass is 168 g/mol. The average Bonchev–Trinajstić information content (AvgIpc) is 2.78. The van der Waals surface area contributed by atoms with Gasteiger partial charge in [0, 0.05) is 6.61 Å². The smallest absolute Gasteiger partial charge is 0.0580 e. The van der Waals surface area contributed by atoms with Crippen molar-refractivity contribution >= 4 is 0 Å². The second-order valence-electron chi connectivity index (χ2n) is 4.35. The molecule has 0 radical (unpaired) electrons. The molecule has 3 atom stereocenters. The Morgan fingerprint density at radius 3 is 2.33 bits per heavy atom. The molecule has 1 nitrogen and oxygen atoms in total. The minimum absolute atomic E-state index is 0.531. The van der Waals surface area contributed by atoms with E-state index in [9.17, 15) is 0 Å². The van der Waals surface area contributed by atoms with Gasteiger partial charge >= 0.3 is 0 Å². The van der Waals surface area contributed by atoms with Crippen molar-refractivity contribution in [3.05, 3.63) is 0 Å². The molecule has 1 heteroatoms. The lowest BCUT2D eigenvalue weighted by molar-refractivity contribution is 0.0541. The molecule has 2 aliphatic rings. The lowest BCUT2D eigenvalue weighted by atomic mass is 10.0. The quantitative estimate of drug-likeness (QED) is 0.629. The van der Waals surface area contributed by atoms with Crippen LogP contribution in [0.4, 0.5) is 0 Å². The van der Waals surface area contributed by atoms with E-state index in [1.807, 2.05) is 0 Å². The molecule has 0 amide bonds. The number of hydrogen-bond donors (Lipinski definition) is 0. The van der Waals surface area contributed by atoms with Gasteiger partial charge in [-0.2, -0.15) is 0 Å². The summed E-state index contributed by atoms with van der Waals surface area (Å²) < 4.78 is 5.66. The zero-order valence-corrected chi connectivity index (χ0v) is 8.25. The standard InChI is InChI=1S/C11H20O/c1-3-12-8(2)11-9-6-4-5-7-10(9)11/h8-11H,3-7H2,1-2H3/t8-,9-,10-/m0/s1. The van der Waals surface area contributed by atoms with Gasteiger partial charge in [0.2, 0.25) is 0 Å². The first kappa shape index (κ1) is 8.55. The van der Waals surface area contributed by atoms with Gasteiger partial charge in [-0.15, -0.1) is 0 Å². The molecule has 0 aromatic rings. The predicted octanol–water partition coefficient (Wildman–Crippen LogP) is 2.85. The predicted molar refractivity (Wildman–Crippen MR) is 50.0 cm³/mol. The van der Waals surface area contributed by atoms with Gasteiger partial charge < -0.3 is 4.74 Å². The fourth-order valence-electron chi connectivity index (χ4n) is 3.12.